The summed E-state index contributed by atoms with van der Waals surface area (Å²) in [7, 11) is 0. The van der Waals surface area contributed by atoms with Crippen LogP contribution >= 0.6 is 11.8 Å². The minimum absolute atomic E-state index is 0.294. The van der Waals surface area contributed by atoms with E-state index in [2.05, 4.69) is 20.6 Å². The van der Waals surface area contributed by atoms with Gasteiger partial charge in [-0.05, 0) is 23.8 Å². The summed E-state index contributed by atoms with van der Waals surface area (Å²) in [5.41, 5.74) is -0.521. The summed E-state index contributed by atoms with van der Waals surface area (Å²) in [6.07, 6.45) is 3.13. The number of aliphatic hydroxyl groups is 2. The van der Waals surface area contributed by atoms with Gasteiger partial charge in [-0.15, -0.1) is 0 Å². The number of aliphatic hydroxyl groups excluding tert-OH is 2. The highest BCUT2D eigenvalue weighted by Crippen LogP contribution is 2.30. The molecule has 0 radical (unpaired) electrons. The van der Waals surface area contributed by atoms with Crippen LogP contribution in [0.1, 0.15) is 26.5 Å². The summed E-state index contributed by atoms with van der Waals surface area (Å²) in [5, 5.41) is 33.4. The Morgan fingerprint density at radius 2 is 1.92 bits per heavy atom. The number of carbonyl (C=O) groups is 2. The average Bonchev–Trinajstić information content (AvgIpc) is 2.92. The quantitative estimate of drug-likeness (QED) is 0.522. The molecule has 1 aromatic carbocycles. The van der Waals surface area contributed by atoms with Crippen LogP contribution in [0.25, 0.3) is 6.08 Å². The van der Waals surface area contributed by atoms with Crippen molar-refractivity contribution in [2.24, 2.45) is 0 Å². The molecular formula is C16H14N4O5S. The van der Waals surface area contributed by atoms with Crippen molar-refractivity contribution in [3.63, 3.8) is 0 Å². The summed E-state index contributed by atoms with van der Waals surface area (Å²) in [4.78, 5) is 31.4. The van der Waals surface area contributed by atoms with Crippen LogP contribution in [0.15, 0.2) is 41.6 Å². The van der Waals surface area contributed by atoms with Gasteiger partial charge >= 0.3 is 5.97 Å². The Labute approximate surface area is 151 Å². The van der Waals surface area contributed by atoms with E-state index in [0.717, 1.165) is 11.8 Å². The normalized spacial score (nSPS) is 20.9. The number of carboxylic acid groups (broad SMARTS) is 1. The molecule has 0 bridgehead atoms. The second-order valence-corrected chi connectivity index (χ2v) is 6.38. The van der Waals surface area contributed by atoms with Crippen LogP contribution in [-0.4, -0.2) is 49.0 Å². The largest absolute Gasteiger partial charge is 0.476 e. The summed E-state index contributed by atoms with van der Waals surface area (Å²) >= 11 is 1.07. The number of anilines is 1. The summed E-state index contributed by atoms with van der Waals surface area (Å²) in [6, 6.07) is 6.71. The fourth-order valence-corrected chi connectivity index (χ4v) is 3.13. The molecule has 1 aliphatic rings. The van der Waals surface area contributed by atoms with Gasteiger partial charge in [0.25, 0.3) is 5.91 Å². The van der Waals surface area contributed by atoms with Crippen LogP contribution in [-0.2, 0) is 0 Å². The van der Waals surface area contributed by atoms with Gasteiger partial charge in [0, 0.05) is 23.0 Å². The second-order valence-electron chi connectivity index (χ2n) is 5.22. The molecule has 0 aliphatic carbocycles. The van der Waals surface area contributed by atoms with Crippen molar-refractivity contribution in [3.8, 4) is 0 Å². The van der Waals surface area contributed by atoms with Crippen molar-refractivity contribution in [2.75, 3.05) is 5.32 Å². The molecule has 1 amide bonds. The highest BCUT2D eigenvalue weighted by molar-refractivity contribution is 8.03. The highest BCUT2D eigenvalue weighted by atomic mass is 32.2. The molecule has 2 atom stereocenters. The lowest BCUT2D eigenvalue weighted by atomic mass is 10.1. The van der Waals surface area contributed by atoms with E-state index in [1.54, 1.807) is 30.3 Å². The first-order valence-corrected chi connectivity index (χ1v) is 8.28. The maximum absolute atomic E-state index is 12.3. The van der Waals surface area contributed by atoms with Crippen LogP contribution < -0.4 is 10.6 Å². The monoisotopic (exact) mass is 374 g/mol. The summed E-state index contributed by atoms with van der Waals surface area (Å²) < 4.78 is 0. The molecule has 26 heavy (non-hydrogen) atoms. The summed E-state index contributed by atoms with van der Waals surface area (Å²) in [5.74, 6) is -2.05. The molecule has 2 aromatic rings. The van der Waals surface area contributed by atoms with Gasteiger partial charge in [-0.25, -0.2) is 14.8 Å². The van der Waals surface area contributed by atoms with Gasteiger partial charge in [-0.1, -0.05) is 23.9 Å². The molecule has 1 aliphatic heterocycles. The smallest absolute Gasteiger partial charge is 0.356 e. The number of rotatable bonds is 4. The number of carboxylic acids is 1. The first-order valence-electron chi connectivity index (χ1n) is 7.40. The van der Waals surface area contributed by atoms with Gasteiger partial charge < -0.3 is 20.6 Å². The van der Waals surface area contributed by atoms with Gasteiger partial charge in [0.2, 0.25) is 0 Å². The van der Waals surface area contributed by atoms with Crippen molar-refractivity contribution in [1.82, 2.24) is 15.3 Å². The number of aromatic carboxylic acids is 1. The van der Waals surface area contributed by atoms with Crippen molar-refractivity contribution < 1.29 is 24.9 Å². The molecule has 1 fully saturated rings. The van der Waals surface area contributed by atoms with Crippen molar-refractivity contribution >= 4 is 35.4 Å². The topological polar surface area (TPSA) is 145 Å². The van der Waals surface area contributed by atoms with Crippen molar-refractivity contribution in [3.05, 3.63) is 58.5 Å². The van der Waals surface area contributed by atoms with Gasteiger partial charge in [0.1, 0.15) is 6.23 Å². The molecule has 1 saturated heterocycles. The first kappa shape index (κ1) is 18.0. The number of hydrogen-bond donors (Lipinski definition) is 5. The molecule has 5 N–H and O–H groups in total. The van der Waals surface area contributed by atoms with E-state index in [0.29, 0.717) is 16.2 Å². The molecular weight excluding hydrogens is 360 g/mol. The SMILES string of the molecule is O=C(O)c1nccnc1C(=O)Nc1cccc(/C=C2\SC(O)NC2O)c1. The molecule has 0 spiro atoms. The number of benzene rings is 1. The molecule has 10 heteroatoms. The lowest BCUT2D eigenvalue weighted by molar-refractivity contribution is 0.0685. The number of nitrogens with zero attached hydrogens (tertiary/aromatic N) is 2. The second kappa shape index (κ2) is 7.62. The average molecular weight is 374 g/mol. The van der Waals surface area contributed by atoms with Crippen LogP contribution in [0.5, 0.6) is 0 Å². The Hall–Kier alpha value is -2.79. The zero-order valence-electron chi connectivity index (χ0n) is 13.2. The number of thioether (sulfide) groups is 1. The van der Waals surface area contributed by atoms with Crippen LogP contribution in [0.2, 0.25) is 0 Å². The van der Waals surface area contributed by atoms with Crippen LogP contribution in [0.3, 0.4) is 0 Å². The van der Waals surface area contributed by atoms with Gasteiger partial charge in [-0.3, -0.25) is 10.1 Å². The van der Waals surface area contributed by atoms with E-state index in [1.165, 1.54) is 12.4 Å². The predicted molar refractivity (Wildman–Crippen MR) is 94.1 cm³/mol. The van der Waals surface area contributed by atoms with Crippen molar-refractivity contribution in [1.29, 1.82) is 0 Å². The lowest BCUT2D eigenvalue weighted by Gasteiger charge is -2.08. The molecule has 3 rings (SSSR count). The summed E-state index contributed by atoms with van der Waals surface area (Å²) in [6.45, 7) is 0. The fraction of sp³-hybridized carbons (Fsp3) is 0.125. The third-order valence-electron chi connectivity index (χ3n) is 3.39. The van der Waals surface area contributed by atoms with E-state index in [9.17, 15) is 19.8 Å². The Morgan fingerprint density at radius 3 is 2.58 bits per heavy atom. The van der Waals surface area contributed by atoms with E-state index < -0.39 is 29.4 Å². The Morgan fingerprint density at radius 1 is 1.19 bits per heavy atom. The Kier molecular flexibility index (Phi) is 5.28. The number of amides is 1. The fourth-order valence-electron chi connectivity index (χ4n) is 2.28. The maximum atomic E-state index is 12.3. The molecule has 2 heterocycles. The number of aromatic nitrogens is 2. The minimum Gasteiger partial charge on any atom is -0.476 e. The predicted octanol–water partition coefficient (Wildman–Crippen LogP) is 0.699. The third-order valence-corrected chi connectivity index (χ3v) is 4.36. The molecule has 134 valence electrons. The van der Waals surface area contributed by atoms with E-state index in [1.807, 2.05) is 0 Å². The zero-order chi connectivity index (χ0) is 18.7. The standard InChI is InChI=1S/C16H14N4O5S/c21-13-10(26-16(25)20-13)7-8-2-1-3-9(6-8)19-14(22)11-12(15(23)24)18-5-4-17-11/h1-7,13,16,20-21,25H,(H,19,22)(H,23,24)/b10-7-. The first-order chi connectivity index (χ1) is 12.4. The van der Waals surface area contributed by atoms with Gasteiger partial charge in [0.05, 0.1) is 0 Å². The van der Waals surface area contributed by atoms with Crippen LogP contribution in [0, 0.1) is 0 Å². The number of carbonyl (C=O) groups excluding carboxylic acids is 1. The van der Waals surface area contributed by atoms with E-state index in [4.69, 9.17) is 5.11 Å². The maximum Gasteiger partial charge on any atom is 0.356 e. The van der Waals surface area contributed by atoms with Gasteiger partial charge in [-0.2, -0.15) is 0 Å². The van der Waals surface area contributed by atoms with Gasteiger partial charge in [0.15, 0.2) is 16.9 Å². The molecule has 0 saturated carbocycles. The lowest BCUT2D eigenvalue weighted by Crippen LogP contribution is -2.28. The molecule has 9 nitrogen and oxygen atoms in total. The van der Waals surface area contributed by atoms with E-state index >= 15 is 0 Å². The van der Waals surface area contributed by atoms with Crippen molar-refractivity contribution in [2.45, 2.75) is 11.8 Å². The number of nitrogens with one attached hydrogen (secondary N) is 2. The van der Waals surface area contributed by atoms with Crippen LogP contribution in [0.4, 0.5) is 5.69 Å². The highest BCUT2D eigenvalue weighted by Gasteiger charge is 2.25. The van der Waals surface area contributed by atoms with E-state index in [-0.39, 0.29) is 5.69 Å². The third kappa shape index (κ3) is 4.06. The Bertz CT molecular complexity index is 888. The zero-order valence-corrected chi connectivity index (χ0v) is 14.0. The molecule has 1 aromatic heterocycles. The molecule has 2 unspecified atom stereocenters. The minimum atomic E-state index is -1.35. The Balaban J connectivity index is 1.80. The number of hydrogen-bond acceptors (Lipinski definition) is 8.